The molecule has 0 aliphatic heterocycles. The van der Waals surface area contributed by atoms with Gasteiger partial charge in [-0.25, -0.2) is 0 Å². The number of amides is 2. The number of hydrogen-bond donors (Lipinski definition) is 2. The van der Waals surface area contributed by atoms with Crippen LogP contribution in [0.4, 0.5) is 5.69 Å². The Balaban J connectivity index is 2.08. The van der Waals surface area contributed by atoms with Crippen LogP contribution >= 0.6 is 0 Å². The van der Waals surface area contributed by atoms with Gasteiger partial charge in [-0.15, -0.1) is 0 Å². The van der Waals surface area contributed by atoms with Gasteiger partial charge in [-0.3, -0.25) is 14.6 Å². The summed E-state index contributed by atoms with van der Waals surface area (Å²) in [6, 6.07) is 8.97. The maximum absolute atomic E-state index is 12.5. The lowest BCUT2D eigenvalue weighted by atomic mass is 10.1. The lowest BCUT2D eigenvalue weighted by molar-refractivity contribution is 0.0946. The largest absolute Gasteiger partial charge is 0.349 e. The van der Waals surface area contributed by atoms with Crippen LogP contribution in [0, 0.1) is 13.8 Å². The van der Waals surface area contributed by atoms with E-state index in [4.69, 9.17) is 0 Å². The summed E-state index contributed by atoms with van der Waals surface area (Å²) in [5, 5.41) is 5.67. The van der Waals surface area contributed by atoms with Crippen LogP contribution in [0.3, 0.4) is 0 Å². The molecule has 1 aromatic heterocycles. The van der Waals surface area contributed by atoms with E-state index in [-0.39, 0.29) is 17.5 Å². The van der Waals surface area contributed by atoms with Crippen LogP contribution in [-0.4, -0.2) is 48.9 Å². The SMILES string of the molecule is Cc1ccc(C)c(NC(=O)c2ccnc(C(=O)NCCN(C)C)c2)c1. The summed E-state index contributed by atoms with van der Waals surface area (Å²) in [4.78, 5) is 30.6. The summed E-state index contributed by atoms with van der Waals surface area (Å²) in [5.41, 5.74) is 3.44. The minimum Gasteiger partial charge on any atom is -0.349 e. The van der Waals surface area contributed by atoms with E-state index in [1.165, 1.54) is 12.3 Å². The van der Waals surface area contributed by atoms with Gasteiger partial charge in [0.05, 0.1) is 0 Å². The van der Waals surface area contributed by atoms with E-state index in [0.717, 1.165) is 23.4 Å². The predicted molar refractivity (Wildman–Crippen MR) is 99.0 cm³/mol. The summed E-state index contributed by atoms with van der Waals surface area (Å²) in [6.07, 6.45) is 1.47. The number of carbonyl (C=O) groups excluding carboxylic acids is 2. The maximum Gasteiger partial charge on any atom is 0.269 e. The molecule has 0 spiro atoms. The highest BCUT2D eigenvalue weighted by molar-refractivity contribution is 6.06. The highest BCUT2D eigenvalue weighted by Gasteiger charge is 2.12. The van der Waals surface area contributed by atoms with Crippen LogP contribution in [0.25, 0.3) is 0 Å². The van der Waals surface area contributed by atoms with Crippen molar-refractivity contribution in [3.63, 3.8) is 0 Å². The quantitative estimate of drug-likeness (QED) is 0.846. The van der Waals surface area contributed by atoms with Crippen molar-refractivity contribution in [2.45, 2.75) is 13.8 Å². The molecule has 0 fully saturated rings. The average Bonchev–Trinajstić information content (AvgIpc) is 2.57. The third-order valence-electron chi connectivity index (χ3n) is 3.74. The third-order valence-corrected chi connectivity index (χ3v) is 3.74. The number of rotatable bonds is 6. The third kappa shape index (κ3) is 5.39. The Morgan fingerprint density at radius 2 is 1.84 bits per heavy atom. The molecule has 25 heavy (non-hydrogen) atoms. The summed E-state index contributed by atoms with van der Waals surface area (Å²) in [5.74, 6) is -0.554. The Labute approximate surface area is 148 Å². The number of anilines is 1. The molecule has 0 unspecified atom stereocenters. The molecule has 2 N–H and O–H groups in total. The topological polar surface area (TPSA) is 74.3 Å². The van der Waals surface area contributed by atoms with Crippen molar-refractivity contribution in [2.24, 2.45) is 0 Å². The van der Waals surface area contributed by atoms with Crippen molar-refractivity contribution in [3.05, 3.63) is 58.9 Å². The number of aromatic nitrogens is 1. The second-order valence-corrected chi connectivity index (χ2v) is 6.26. The van der Waals surface area contributed by atoms with Gasteiger partial charge in [0.15, 0.2) is 0 Å². The lowest BCUT2D eigenvalue weighted by Gasteiger charge is -2.11. The standard InChI is InChI=1S/C19H24N4O2/c1-13-5-6-14(2)16(11-13)22-18(24)15-7-8-20-17(12-15)19(25)21-9-10-23(3)4/h5-8,11-12H,9-10H2,1-4H3,(H,21,25)(H,22,24). The number of nitrogens with zero attached hydrogens (tertiary/aromatic N) is 2. The van der Waals surface area contributed by atoms with Crippen molar-refractivity contribution in [1.82, 2.24) is 15.2 Å². The lowest BCUT2D eigenvalue weighted by Crippen LogP contribution is -2.32. The van der Waals surface area contributed by atoms with Crippen molar-refractivity contribution in [2.75, 3.05) is 32.5 Å². The second-order valence-electron chi connectivity index (χ2n) is 6.26. The smallest absolute Gasteiger partial charge is 0.269 e. The van der Waals surface area contributed by atoms with Crippen LogP contribution in [0.5, 0.6) is 0 Å². The zero-order valence-corrected chi connectivity index (χ0v) is 15.1. The molecule has 132 valence electrons. The van der Waals surface area contributed by atoms with Crippen molar-refractivity contribution < 1.29 is 9.59 Å². The predicted octanol–water partition coefficient (Wildman–Crippen LogP) is 2.24. The van der Waals surface area contributed by atoms with E-state index < -0.39 is 0 Å². The van der Waals surface area contributed by atoms with Gasteiger partial charge in [0, 0.05) is 30.5 Å². The van der Waals surface area contributed by atoms with Gasteiger partial charge in [-0.1, -0.05) is 12.1 Å². The molecule has 0 saturated carbocycles. The van der Waals surface area contributed by atoms with Crippen LogP contribution in [0.2, 0.25) is 0 Å². The van der Waals surface area contributed by atoms with Gasteiger partial charge < -0.3 is 15.5 Å². The Bertz CT molecular complexity index is 772. The van der Waals surface area contributed by atoms with Crippen molar-refractivity contribution in [1.29, 1.82) is 0 Å². The van der Waals surface area contributed by atoms with Crippen LogP contribution in [0.1, 0.15) is 32.0 Å². The van der Waals surface area contributed by atoms with Gasteiger partial charge in [0.25, 0.3) is 11.8 Å². The molecule has 6 heteroatoms. The van der Waals surface area contributed by atoms with E-state index in [9.17, 15) is 9.59 Å². The minimum atomic E-state index is -0.289. The Morgan fingerprint density at radius 1 is 1.08 bits per heavy atom. The van der Waals surface area contributed by atoms with Gasteiger partial charge in [-0.05, 0) is 57.3 Å². The Morgan fingerprint density at radius 3 is 2.56 bits per heavy atom. The fraction of sp³-hybridized carbons (Fsp3) is 0.316. The number of likely N-dealkylation sites (N-methyl/N-ethyl adjacent to an activating group) is 1. The van der Waals surface area contributed by atoms with Crippen LogP contribution in [-0.2, 0) is 0 Å². The summed E-state index contributed by atoms with van der Waals surface area (Å²) < 4.78 is 0. The fourth-order valence-electron chi connectivity index (χ4n) is 2.24. The number of pyridine rings is 1. The zero-order chi connectivity index (χ0) is 18.4. The van der Waals surface area contributed by atoms with E-state index >= 15 is 0 Å². The number of carbonyl (C=O) groups is 2. The van der Waals surface area contributed by atoms with Crippen molar-refractivity contribution in [3.8, 4) is 0 Å². The monoisotopic (exact) mass is 340 g/mol. The molecule has 1 heterocycles. The molecule has 2 amide bonds. The number of nitrogens with one attached hydrogen (secondary N) is 2. The number of hydrogen-bond acceptors (Lipinski definition) is 4. The fourth-order valence-corrected chi connectivity index (χ4v) is 2.24. The molecule has 2 rings (SSSR count). The molecule has 0 aliphatic carbocycles. The molecule has 1 aromatic carbocycles. The van der Waals surface area contributed by atoms with Gasteiger partial charge in [0.1, 0.15) is 5.69 Å². The first-order chi connectivity index (χ1) is 11.9. The first-order valence-corrected chi connectivity index (χ1v) is 8.14. The molecule has 0 atom stereocenters. The molecular weight excluding hydrogens is 316 g/mol. The summed E-state index contributed by atoms with van der Waals surface area (Å²) >= 11 is 0. The highest BCUT2D eigenvalue weighted by Crippen LogP contribution is 2.17. The first kappa shape index (κ1) is 18.6. The van der Waals surface area contributed by atoms with Gasteiger partial charge in [-0.2, -0.15) is 0 Å². The Hall–Kier alpha value is -2.73. The van der Waals surface area contributed by atoms with Crippen LogP contribution < -0.4 is 10.6 Å². The second kappa shape index (κ2) is 8.39. The van der Waals surface area contributed by atoms with E-state index in [0.29, 0.717) is 12.1 Å². The summed E-state index contributed by atoms with van der Waals surface area (Å²) in [7, 11) is 3.87. The Kier molecular flexibility index (Phi) is 6.25. The molecule has 0 saturated heterocycles. The van der Waals surface area contributed by atoms with Crippen LogP contribution in [0.15, 0.2) is 36.5 Å². The van der Waals surface area contributed by atoms with Gasteiger partial charge in [0.2, 0.25) is 0 Å². The first-order valence-electron chi connectivity index (χ1n) is 8.14. The maximum atomic E-state index is 12.5. The number of aryl methyl sites for hydroxylation is 2. The van der Waals surface area contributed by atoms with E-state index in [2.05, 4.69) is 15.6 Å². The van der Waals surface area contributed by atoms with Crippen molar-refractivity contribution >= 4 is 17.5 Å². The average molecular weight is 340 g/mol. The molecule has 2 aromatic rings. The normalized spacial score (nSPS) is 10.6. The summed E-state index contributed by atoms with van der Waals surface area (Å²) in [6.45, 7) is 5.16. The molecule has 6 nitrogen and oxygen atoms in total. The number of benzene rings is 1. The molecule has 0 radical (unpaired) electrons. The van der Waals surface area contributed by atoms with Gasteiger partial charge >= 0.3 is 0 Å². The van der Waals surface area contributed by atoms with E-state index in [1.807, 2.05) is 51.0 Å². The van der Waals surface area contributed by atoms with E-state index in [1.54, 1.807) is 6.07 Å². The molecular formula is C19H24N4O2. The minimum absolute atomic E-state index is 0.229. The molecule has 0 aliphatic rings. The highest BCUT2D eigenvalue weighted by atomic mass is 16.2. The zero-order valence-electron chi connectivity index (χ0n) is 15.1. The molecule has 0 bridgehead atoms.